The molecule has 1 fully saturated rings. The van der Waals surface area contributed by atoms with Crippen molar-refractivity contribution in [2.45, 2.75) is 40.0 Å². The van der Waals surface area contributed by atoms with Crippen LogP contribution in [0.25, 0.3) is 0 Å². The number of piperazine rings is 1. The summed E-state index contributed by atoms with van der Waals surface area (Å²) in [6.07, 6.45) is 2.11. The van der Waals surface area contributed by atoms with Gasteiger partial charge in [0, 0.05) is 42.9 Å². The van der Waals surface area contributed by atoms with Crippen LogP contribution in [0, 0.1) is 24.6 Å². The maximum absolute atomic E-state index is 14.1. The Morgan fingerprint density at radius 3 is 2.65 bits per heavy atom. The quantitative estimate of drug-likeness (QED) is 0.782. The van der Waals surface area contributed by atoms with Crippen molar-refractivity contribution in [1.82, 2.24) is 9.88 Å². The van der Waals surface area contributed by atoms with Gasteiger partial charge in [-0.05, 0) is 43.9 Å². The highest BCUT2D eigenvalue weighted by Gasteiger charge is 2.30. The summed E-state index contributed by atoms with van der Waals surface area (Å²) in [6.45, 7) is 8.68. The van der Waals surface area contributed by atoms with E-state index in [-0.39, 0.29) is 29.3 Å². The van der Waals surface area contributed by atoms with Crippen LogP contribution in [-0.2, 0) is 22.4 Å². The molecule has 166 valence electrons. The maximum atomic E-state index is 14.1. The van der Waals surface area contributed by atoms with E-state index in [1.807, 2.05) is 25.7 Å². The molecule has 0 bridgehead atoms. The molecule has 1 N–H and O–H groups in total. The van der Waals surface area contributed by atoms with Crippen molar-refractivity contribution >= 4 is 34.0 Å². The average molecular weight is 445 g/mol. The number of hydrogen-bond acceptors (Lipinski definition) is 5. The molecule has 6 nitrogen and oxygen atoms in total. The number of fused-ring (bicyclic) bond motifs is 1. The molecule has 0 unspecified atom stereocenters. The number of nitrogens with one attached hydrogen (secondary N) is 1. The van der Waals surface area contributed by atoms with E-state index in [9.17, 15) is 14.0 Å². The predicted molar refractivity (Wildman–Crippen MR) is 121 cm³/mol. The second-order valence-electron chi connectivity index (χ2n) is 8.75. The second-order valence-corrected chi connectivity index (χ2v) is 9.81. The van der Waals surface area contributed by atoms with E-state index in [2.05, 4.69) is 10.2 Å². The lowest BCUT2D eigenvalue weighted by atomic mass is 9.90. The Hall–Kier alpha value is -2.48. The van der Waals surface area contributed by atoms with Crippen LogP contribution in [0.15, 0.2) is 18.2 Å². The first-order chi connectivity index (χ1) is 14.8. The maximum Gasteiger partial charge on any atom is 0.227 e. The molecule has 1 aliphatic carbocycles. The minimum Gasteiger partial charge on any atom is -0.345 e. The molecular formula is C23H29FN4O2S. The summed E-state index contributed by atoms with van der Waals surface area (Å²) in [5, 5.41) is 3.73. The molecule has 31 heavy (non-hydrogen) atoms. The van der Waals surface area contributed by atoms with Crippen molar-refractivity contribution in [3.05, 3.63) is 40.2 Å². The molecule has 1 aliphatic heterocycles. The highest BCUT2D eigenvalue weighted by atomic mass is 32.1. The molecule has 2 amide bonds. The molecule has 8 heteroatoms. The number of nitrogens with zero attached hydrogens (tertiary/aromatic N) is 3. The lowest BCUT2D eigenvalue weighted by molar-refractivity contribution is -0.134. The molecule has 1 atom stereocenters. The van der Waals surface area contributed by atoms with Crippen molar-refractivity contribution in [2.75, 3.05) is 36.4 Å². The summed E-state index contributed by atoms with van der Waals surface area (Å²) < 4.78 is 14.1. The molecule has 1 aromatic carbocycles. The van der Waals surface area contributed by atoms with Gasteiger partial charge >= 0.3 is 0 Å². The summed E-state index contributed by atoms with van der Waals surface area (Å²) >= 11 is 1.65. The number of carbonyl (C=O) groups is 2. The monoisotopic (exact) mass is 444 g/mol. The zero-order chi connectivity index (χ0) is 22.1. The minimum atomic E-state index is -0.403. The molecule has 0 radical (unpaired) electrons. The topological polar surface area (TPSA) is 65.5 Å². The lowest BCUT2D eigenvalue weighted by Gasteiger charge is -2.35. The fourth-order valence-electron chi connectivity index (χ4n) is 4.16. The van der Waals surface area contributed by atoms with E-state index in [1.165, 1.54) is 6.07 Å². The van der Waals surface area contributed by atoms with Crippen LogP contribution < -0.4 is 10.2 Å². The standard InChI is InChI=1S/C23H29FN4O2S/c1-14(2)22(30)27-8-10-28(11-9-27)23-26-19-7-5-16(13-20(19)31-23)21(29)25-18-6-4-15(3)12-17(18)24/h4,6,12,14,16H,5,7-11,13H2,1-3H3,(H,25,29)/t16-/m1/s1. The van der Waals surface area contributed by atoms with Crippen LogP contribution >= 0.6 is 11.3 Å². The van der Waals surface area contributed by atoms with Crippen molar-refractivity contribution in [2.24, 2.45) is 11.8 Å². The van der Waals surface area contributed by atoms with E-state index in [0.29, 0.717) is 25.9 Å². The fraction of sp³-hybridized carbons (Fsp3) is 0.522. The summed E-state index contributed by atoms with van der Waals surface area (Å²) in [5.41, 5.74) is 2.14. The Morgan fingerprint density at radius 2 is 1.97 bits per heavy atom. The highest BCUT2D eigenvalue weighted by Crippen LogP contribution is 2.35. The van der Waals surface area contributed by atoms with E-state index >= 15 is 0 Å². The van der Waals surface area contributed by atoms with Crippen LogP contribution in [0.4, 0.5) is 15.2 Å². The number of halogens is 1. The van der Waals surface area contributed by atoms with Gasteiger partial charge in [-0.2, -0.15) is 0 Å². The second kappa shape index (κ2) is 8.94. The van der Waals surface area contributed by atoms with E-state index in [0.717, 1.165) is 40.8 Å². The number of amides is 2. The molecule has 0 saturated carbocycles. The van der Waals surface area contributed by atoms with Crippen LogP contribution in [0.5, 0.6) is 0 Å². The van der Waals surface area contributed by atoms with Crippen molar-refractivity contribution in [3.63, 3.8) is 0 Å². The van der Waals surface area contributed by atoms with Gasteiger partial charge in [-0.3, -0.25) is 9.59 Å². The fourth-order valence-corrected chi connectivity index (χ4v) is 5.40. The molecule has 2 aromatic rings. The van der Waals surface area contributed by atoms with Gasteiger partial charge in [0.1, 0.15) is 5.82 Å². The first-order valence-electron chi connectivity index (χ1n) is 10.9. The molecule has 2 aliphatic rings. The van der Waals surface area contributed by atoms with Crippen LogP contribution in [0.2, 0.25) is 0 Å². The zero-order valence-corrected chi connectivity index (χ0v) is 19.1. The number of rotatable bonds is 4. The largest absolute Gasteiger partial charge is 0.345 e. The molecule has 0 spiro atoms. The first kappa shape index (κ1) is 21.7. The summed E-state index contributed by atoms with van der Waals surface area (Å²) in [5.74, 6) is -0.488. The van der Waals surface area contributed by atoms with Gasteiger partial charge in [0.2, 0.25) is 11.8 Å². The third kappa shape index (κ3) is 4.74. The average Bonchev–Trinajstić information content (AvgIpc) is 3.18. The Balaban J connectivity index is 1.37. The summed E-state index contributed by atoms with van der Waals surface area (Å²) in [7, 11) is 0. The van der Waals surface area contributed by atoms with Crippen molar-refractivity contribution in [1.29, 1.82) is 0 Å². The van der Waals surface area contributed by atoms with E-state index in [1.54, 1.807) is 23.5 Å². The van der Waals surface area contributed by atoms with Gasteiger partial charge in [-0.15, -0.1) is 11.3 Å². The Kier molecular flexibility index (Phi) is 6.27. The van der Waals surface area contributed by atoms with Crippen LogP contribution in [-0.4, -0.2) is 47.9 Å². The first-order valence-corrected chi connectivity index (χ1v) is 11.7. The van der Waals surface area contributed by atoms with E-state index in [4.69, 9.17) is 4.98 Å². The number of carbonyl (C=O) groups excluding carboxylic acids is 2. The van der Waals surface area contributed by atoms with Gasteiger partial charge in [0.15, 0.2) is 5.13 Å². The third-order valence-electron chi connectivity index (χ3n) is 6.04. The normalized spacial score (nSPS) is 18.8. The predicted octanol–water partition coefficient (Wildman–Crippen LogP) is 3.64. The molecule has 1 saturated heterocycles. The minimum absolute atomic E-state index is 0.0233. The van der Waals surface area contributed by atoms with Gasteiger partial charge in [-0.25, -0.2) is 9.37 Å². The number of anilines is 2. The van der Waals surface area contributed by atoms with Gasteiger partial charge < -0.3 is 15.1 Å². The SMILES string of the molecule is Cc1ccc(NC(=O)[C@@H]2CCc3nc(N4CCN(C(=O)C(C)C)CC4)sc3C2)c(F)c1. The summed E-state index contributed by atoms with van der Waals surface area (Å²) in [4.78, 5) is 35.1. The van der Waals surface area contributed by atoms with E-state index < -0.39 is 5.82 Å². The zero-order valence-electron chi connectivity index (χ0n) is 18.3. The van der Waals surface area contributed by atoms with Crippen LogP contribution in [0.1, 0.15) is 36.4 Å². The molecule has 4 rings (SSSR count). The smallest absolute Gasteiger partial charge is 0.227 e. The van der Waals surface area contributed by atoms with Gasteiger partial charge in [0.05, 0.1) is 11.4 Å². The Labute approximate surface area is 186 Å². The number of thiazole rings is 1. The Bertz CT molecular complexity index is 982. The molecule has 1 aromatic heterocycles. The molecule has 2 heterocycles. The Morgan fingerprint density at radius 1 is 1.23 bits per heavy atom. The third-order valence-corrected chi connectivity index (χ3v) is 7.22. The number of benzene rings is 1. The van der Waals surface area contributed by atoms with Crippen molar-refractivity contribution in [3.8, 4) is 0 Å². The molecular weight excluding hydrogens is 415 g/mol. The number of hydrogen-bond donors (Lipinski definition) is 1. The highest BCUT2D eigenvalue weighted by molar-refractivity contribution is 7.15. The van der Waals surface area contributed by atoms with Crippen molar-refractivity contribution < 1.29 is 14.0 Å². The van der Waals surface area contributed by atoms with Gasteiger partial charge in [-0.1, -0.05) is 19.9 Å². The number of aryl methyl sites for hydroxylation is 2. The van der Waals surface area contributed by atoms with Crippen LogP contribution in [0.3, 0.4) is 0 Å². The lowest BCUT2D eigenvalue weighted by Crippen LogP contribution is -2.49. The number of aromatic nitrogens is 1. The van der Waals surface area contributed by atoms with Gasteiger partial charge in [0.25, 0.3) is 0 Å². The summed E-state index contributed by atoms with van der Waals surface area (Å²) in [6, 6.07) is 4.84.